The zero-order valence-corrected chi connectivity index (χ0v) is 17.2. The number of nitrogens with two attached hydrogens (primary N) is 1. The molecule has 0 atom stereocenters. The van der Waals surface area contributed by atoms with E-state index in [-0.39, 0.29) is 42.3 Å². The summed E-state index contributed by atoms with van der Waals surface area (Å²) in [6.45, 7) is 2.72. The highest BCUT2D eigenvalue weighted by atomic mass is 127. The summed E-state index contributed by atoms with van der Waals surface area (Å²) in [6.07, 6.45) is -4.58. The maximum Gasteiger partial charge on any atom is 0.453 e. The molecule has 1 aromatic carbocycles. The lowest BCUT2D eigenvalue weighted by Crippen LogP contribution is -2.51. The number of rotatable bonds is 3. The van der Waals surface area contributed by atoms with Crippen molar-refractivity contribution >= 4 is 47.2 Å². The molecule has 3 N–H and O–H groups in total. The molecule has 7 nitrogen and oxygen atoms in total. The van der Waals surface area contributed by atoms with Crippen LogP contribution in [-0.4, -0.2) is 52.2 Å². The van der Waals surface area contributed by atoms with E-state index in [1.54, 1.807) is 0 Å². The average Bonchev–Trinajstić information content (AvgIpc) is 3.10. The SMILES string of the molecule is I.NC(=NCc1nc(C(F)(F)F)n[nH]1)N1CCN(c2ccc(Cl)cc2)CC1. The van der Waals surface area contributed by atoms with Crippen LogP contribution in [0.5, 0.6) is 0 Å². The lowest BCUT2D eigenvalue weighted by molar-refractivity contribution is -0.144. The van der Waals surface area contributed by atoms with Crippen LogP contribution in [0.2, 0.25) is 5.02 Å². The predicted molar refractivity (Wildman–Crippen MR) is 107 cm³/mol. The highest BCUT2D eigenvalue weighted by Gasteiger charge is 2.36. The summed E-state index contributed by atoms with van der Waals surface area (Å²) in [5.74, 6) is -0.927. The van der Waals surface area contributed by atoms with Gasteiger partial charge in [0.15, 0.2) is 5.96 Å². The minimum atomic E-state index is -4.58. The van der Waals surface area contributed by atoms with Gasteiger partial charge in [-0.15, -0.1) is 29.1 Å². The Balaban J connectivity index is 0.00000261. The number of piperazine rings is 1. The summed E-state index contributed by atoms with van der Waals surface area (Å²) >= 11 is 5.89. The largest absolute Gasteiger partial charge is 0.453 e. The van der Waals surface area contributed by atoms with Crippen LogP contribution in [0.3, 0.4) is 0 Å². The monoisotopic (exact) mass is 515 g/mol. The van der Waals surface area contributed by atoms with Gasteiger partial charge in [-0.3, -0.25) is 5.10 Å². The van der Waals surface area contributed by atoms with Crippen molar-refractivity contribution in [1.82, 2.24) is 20.1 Å². The molecule has 3 rings (SSSR count). The molecular formula is C15H18ClF3IN7. The maximum atomic E-state index is 12.5. The number of guanidine groups is 1. The molecule has 0 aliphatic carbocycles. The van der Waals surface area contributed by atoms with Crippen LogP contribution in [0.25, 0.3) is 0 Å². The van der Waals surface area contributed by atoms with Crippen LogP contribution in [0.4, 0.5) is 18.9 Å². The Morgan fingerprint density at radius 1 is 1.19 bits per heavy atom. The van der Waals surface area contributed by atoms with E-state index in [1.165, 1.54) is 0 Å². The number of aromatic amines is 1. The zero-order valence-electron chi connectivity index (χ0n) is 14.1. The van der Waals surface area contributed by atoms with Crippen molar-refractivity contribution in [1.29, 1.82) is 0 Å². The first-order valence-electron chi connectivity index (χ1n) is 7.87. The van der Waals surface area contributed by atoms with Gasteiger partial charge in [-0.25, -0.2) is 9.98 Å². The molecule has 2 heterocycles. The van der Waals surface area contributed by atoms with Crippen molar-refractivity contribution in [2.75, 3.05) is 31.1 Å². The van der Waals surface area contributed by atoms with E-state index in [0.717, 1.165) is 18.8 Å². The van der Waals surface area contributed by atoms with Gasteiger partial charge < -0.3 is 15.5 Å². The van der Waals surface area contributed by atoms with Crippen LogP contribution in [0, 0.1) is 0 Å². The number of H-pyrrole nitrogens is 1. The zero-order chi connectivity index (χ0) is 18.7. The Kier molecular flexibility index (Phi) is 7.14. The fraction of sp³-hybridized carbons (Fsp3) is 0.400. The molecule has 27 heavy (non-hydrogen) atoms. The summed E-state index contributed by atoms with van der Waals surface area (Å²) < 4.78 is 37.4. The lowest BCUT2D eigenvalue weighted by atomic mass is 10.2. The highest BCUT2D eigenvalue weighted by Crippen LogP contribution is 2.25. The molecule has 1 aromatic heterocycles. The second kappa shape index (κ2) is 8.95. The Hall–Kier alpha value is -1.76. The molecular weight excluding hydrogens is 498 g/mol. The number of hydrogen-bond donors (Lipinski definition) is 2. The van der Waals surface area contributed by atoms with E-state index in [2.05, 4.69) is 25.1 Å². The van der Waals surface area contributed by atoms with E-state index in [9.17, 15) is 13.2 Å². The van der Waals surface area contributed by atoms with Gasteiger partial charge >= 0.3 is 6.18 Å². The van der Waals surface area contributed by atoms with Crippen LogP contribution >= 0.6 is 35.6 Å². The van der Waals surface area contributed by atoms with E-state index >= 15 is 0 Å². The van der Waals surface area contributed by atoms with Gasteiger partial charge in [0.05, 0.1) is 0 Å². The fourth-order valence-corrected chi connectivity index (χ4v) is 2.72. The third-order valence-corrected chi connectivity index (χ3v) is 4.22. The van der Waals surface area contributed by atoms with Crippen LogP contribution in [0.1, 0.15) is 11.6 Å². The summed E-state index contributed by atoms with van der Waals surface area (Å²) in [7, 11) is 0. The third-order valence-electron chi connectivity index (χ3n) is 3.97. The van der Waals surface area contributed by atoms with Crippen molar-refractivity contribution in [3.63, 3.8) is 0 Å². The highest BCUT2D eigenvalue weighted by molar-refractivity contribution is 14.0. The number of aliphatic imine (C=N–C) groups is 1. The van der Waals surface area contributed by atoms with E-state index < -0.39 is 12.0 Å². The molecule has 1 saturated heterocycles. The Morgan fingerprint density at radius 2 is 1.81 bits per heavy atom. The lowest BCUT2D eigenvalue weighted by Gasteiger charge is -2.36. The Bertz CT molecular complexity index is 770. The average molecular weight is 516 g/mol. The Morgan fingerprint density at radius 3 is 2.37 bits per heavy atom. The molecule has 148 valence electrons. The molecule has 0 amide bonds. The first-order valence-corrected chi connectivity index (χ1v) is 8.24. The van der Waals surface area contributed by atoms with E-state index in [4.69, 9.17) is 17.3 Å². The summed E-state index contributed by atoms with van der Waals surface area (Å²) in [6, 6.07) is 7.59. The standard InChI is InChI=1S/C15H17ClF3N7.HI/c16-10-1-3-11(4-2-10)25-5-7-26(8-6-25)14(20)21-9-12-22-13(24-23-12)15(17,18)19;/h1-4H,5-9H2,(H2,20,21)(H,22,23,24);1H. The Labute approximate surface area is 175 Å². The second-order valence-electron chi connectivity index (χ2n) is 5.73. The molecule has 1 aliphatic rings. The van der Waals surface area contributed by atoms with Crippen molar-refractivity contribution in [2.45, 2.75) is 12.7 Å². The molecule has 0 radical (unpaired) electrons. The van der Waals surface area contributed by atoms with Gasteiger partial charge in [-0.2, -0.15) is 13.2 Å². The number of aromatic nitrogens is 3. The van der Waals surface area contributed by atoms with Gasteiger partial charge in [0.25, 0.3) is 5.82 Å². The first kappa shape index (κ1) is 21.5. The number of nitrogens with one attached hydrogen (secondary N) is 1. The molecule has 2 aromatic rings. The topological polar surface area (TPSA) is 86.4 Å². The molecule has 0 bridgehead atoms. The van der Waals surface area contributed by atoms with E-state index in [0.29, 0.717) is 18.1 Å². The fourth-order valence-electron chi connectivity index (χ4n) is 2.59. The predicted octanol–water partition coefficient (Wildman–Crippen LogP) is 2.73. The van der Waals surface area contributed by atoms with Gasteiger partial charge in [-0.05, 0) is 24.3 Å². The number of anilines is 1. The molecule has 1 fully saturated rings. The molecule has 0 spiro atoms. The summed E-state index contributed by atoms with van der Waals surface area (Å²) in [4.78, 5) is 11.6. The molecule has 0 unspecified atom stereocenters. The summed E-state index contributed by atoms with van der Waals surface area (Å²) in [5, 5.41) is 6.03. The number of hydrogen-bond acceptors (Lipinski definition) is 4. The number of nitrogens with zero attached hydrogens (tertiary/aromatic N) is 5. The van der Waals surface area contributed by atoms with Crippen molar-refractivity contribution < 1.29 is 13.2 Å². The van der Waals surface area contributed by atoms with Crippen molar-refractivity contribution in [2.24, 2.45) is 10.7 Å². The normalized spacial score (nSPS) is 15.6. The van der Waals surface area contributed by atoms with E-state index in [1.807, 2.05) is 29.2 Å². The van der Waals surface area contributed by atoms with Crippen LogP contribution < -0.4 is 10.6 Å². The molecule has 0 saturated carbocycles. The third kappa shape index (κ3) is 5.61. The number of benzene rings is 1. The minimum Gasteiger partial charge on any atom is -0.370 e. The smallest absolute Gasteiger partial charge is 0.370 e. The quantitative estimate of drug-likeness (QED) is 0.373. The van der Waals surface area contributed by atoms with Crippen molar-refractivity contribution in [3.8, 4) is 0 Å². The van der Waals surface area contributed by atoms with Crippen LogP contribution in [0.15, 0.2) is 29.3 Å². The van der Waals surface area contributed by atoms with Gasteiger partial charge in [0.2, 0.25) is 0 Å². The summed E-state index contributed by atoms with van der Waals surface area (Å²) in [5.41, 5.74) is 7.02. The molecule has 1 aliphatic heterocycles. The van der Waals surface area contributed by atoms with Crippen LogP contribution in [-0.2, 0) is 12.7 Å². The van der Waals surface area contributed by atoms with Gasteiger partial charge in [0.1, 0.15) is 12.4 Å². The maximum absolute atomic E-state index is 12.5. The van der Waals surface area contributed by atoms with Gasteiger partial charge in [-0.1, -0.05) is 11.6 Å². The first-order chi connectivity index (χ1) is 12.3. The molecule has 12 heteroatoms. The number of halogens is 5. The van der Waals surface area contributed by atoms with Crippen molar-refractivity contribution in [3.05, 3.63) is 40.9 Å². The number of alkyl halides is 3. The van der Waals surface area contributed by atoms with Gasteiger partial charge in [0, 0.05) is 36.9 Å². The minimum absolute atomic E-state index is 0. The second-order valence-corrected chi connectivity index (χ2v) is 6.16.